The van der Waals surface area contributed by atoms with Crippen LogP contribution in [-0.2, 0) is 5.41 Å². The molecule has 3 aromatic carbocycles. The lowest BCUT2D eigenvalue weighted by Crippen LogP contribution is -2.27. The first kappa shape index (κ1) is 17.0. The van der Waals surface area contributed by atoms with Crippen molar-refractivity contribution in [2.75, 3.05) is 0 Å². The van der Waals surface area contributed by atoms with Gasteiger partial charge in [0.2, 0.25) is 0 Å². The van der Waals surface area contributed by atoms with Crippen molar-refractivity contribution >= 4 is 11.9 Å². The molecule has 0 amide bonds. The maximum absolute atomic E-state index is 13.0. The van der Waals surface area contributed by atoms with Crippen LogP contribution in [0.5, 0.6) is 0 Å². The van der Waals surface area contributed by atoms with Gasteiger partial charge >= 0.3 is 0 Å². The Hall–Kier alpha value is -3.44. The van der Waals surface area contributed by atoms with Crippen LogP contribution in [0, 0.1) is 18.3 Å². The van der Waals surface area contributed by atoms with E-state index in [0.717, 1.165) is 27.8 Å². The summed E-state index contributed by atoms with van der Waals surface area (Å²) in [5.74, 6) is 0.0280. The lowest BCUT2D eigenvalue weighted by Gasteiger charge is -2.28. The van der Waals surface area contributed by atoms with Gasteiger partial charge in [0.1, 0.15) is 5.41 Å². The average molecular weight is 349 g/mol. The van der Waals surface area contributed by atoms with Crippen molar-refractivity contribution in [3.8, 4) is 6.07 Å². The van der Waals surface area contributed by atoms with Gasteiger partial charge in [-0.1, -0.05) is 78.9 Å². The van der Waals surface area contributed by atoms with Gasteiger partial charge in [0, 0.05) is 17.6 Å². The van der Waals surface area contributed by atoms with Gasteiger partial charge in [0.05, 0.1) is 6.07 Å². The first-order valence-corrected chi connectivity index (χ1v) is 9.03. The molecule has 4 rings (SSSR count). The Kier molecular flexibility index (Phi) is 4.22. The largest absolute Gasteiger partial charge is 0.289 e. The molecule has 0 bridgehead atoms. The molecule has 0 saturated carbocycles. The Morgan fingerprint density at radius 1 is 0.852 bits per heavy atom. The third kappa shape index (κ3) is 2.78. The van der Waals surface area contributed by atoms with Crippen molar-refractivity contribution in [2.24, 2.45) is 0 Å². The maximum Gasteiger partial charge on any atom is 0.189 e. The van der Waals surface area contributed by atoms with Gasteiger partial charge in [0.15, 0.2) is 5.78 Å². The Balaban J connectivity index is 1.85. The highest BCUT2D eigenvalue weighted by Crippen LogP contribution is 2.41. The maximum atomic E-state index is 13.0. The summed E-state index contributed by atoms with van der Waals surface area (Å²) >= 11 is 0. The molecule has 2 heteroatoms. The van der Waals surface area contributed by atoms with E-state index < -0.39 is 5.41 Å². The Labute approximate surface area is 159 Å². The van der Waals surface area contributed by atoms with Crippen LogP contribution in [0.25, 0.3) is 6.08 Å². The van der Waals surface area contributed by atoms with Crippen LogP contribution in [0.1, 0.15) is 39.0 Å². The van der Waals surface area contributed by atoms with Crippen molar-refractivity contribution in [3.63, 3.8) is 0 Å². The molecule has 0 saturated heterocycles. The molecule has 3 aromatic rings. The van der Waals surface area contributed by atoms with E-state index in [1.807, 2.05) is 91.9 Å². The van der Waals surface area contributed by atoms with Gasteiger partial charge < -0.3 is 0 Å². The van der Waals surface area contributed by atoms with Crippen LogP contribution in [0.3, 0.4) is 0 Å². The van der Waals surface area contributed by atoms with Gasteiger partial charge in [-0.15, -0.1) is 0 Å². The summed E-state index contributed by atoms with van der Waals surface area (Å²) in [6, 6.07) is 27.8. The molecule has 27 heavy (non-hydrogen) atoms. The zero-order chi connectivity index (χ0) is 18.9. The minimum absolute atomic E-state index is 0.0280. The van der Waals surface area contributed by atoms with Gasteiger partial charge in [-0.2, -0.15) is 5.26 Å². The third-order valence-electron chi connectivity index (χ3n) is 5.36. The van der Waals surface area contributed by atoms with Crippen molar-refractivity contribution < 1.29 is 4.79 Å². The van der Waals surface area contributed by atoms with E-state index >= 15 is 0 Å². The lowest BCUT2D eigenvalue weighted by molar-refractivity contribution is 0.103. The van der Waals surface area contributed by atoms with E-state index in [0.29, 0.717) is 12.0 Å². The summed E-state index contributed by atoms with van der Waals surface area (Å²) < 4.78 is 0. The number of fused-ring (bicyclic) bond motifs is 1. The summed E-state index contributed by atoms with van der Waals surface area (Å²) in [6.45, 7) is 2.01. The van der Waals surface area contributed by atoms with E-state index in [-0.39, 0.29) is 5.78 Å². The molecule has 0 aromatic heterocycles. The number of hydrogen-bond donors (Lipinski definition) is 0. The molecule has 0 heterocycles. The summed E-state index contributed by atoms with van der Waals surface area (Å²) in [6.07, 6.45) is 2.31. The van der Waals surface area contributed by atoms with E-state index in [2.05, 4.69) is 6.07 Å². The number of carbonyl (C=O) groups is 1. The summed E-state index contributed by atoms with van der Waals surface area (Å²) in [5.41, 5.74) is 4.38. The highest BCUT2D eigenvalue weighted by atomic mass is 16.1. The molecular weight excluding hydrogens is 330 g/mol. The minimum Gasteiger partial charge on any atom is -0.289 e. The fourth-order valence-corrected chi connectivity index (χ4v) is 3.88. The first-order valence-electron chi connectivity index (χ1n) is 9.03. The molecule has 130 valence electrons. The highest BCUT2D eigenvalue weighted by molar-refractivity contribution is 6.18. The predicted octanol–water partition coefficient (Wildman–Crippen LogP) is 5.47. The number of allylic oxidation sites excluding steroid dienone is 1. The molecule has 0 unspecified atom stereocenters. The number of benzene rings is 3. The Morgan fingerprint density at radius 2 is 1.44 bits per heavy atom. The molecule has 0 aliphatic heterocycles. The fraction of sp³-hybridized carbons (Fsp3) is 0.120. The first-order chi connectivity index (χ1) is 13.2. The van der Waals surface area contributed by atoms with Crippen molar-refractivity contribution in [1.29, 1.82) is 5.26 Å². The SMILES string of the molecule is Cc1cccc2c1C=C(CC(C#N)(c1ccccc1)c1ccccc1)C2=O. The second kappa shape index (κ2) is 6.70. The number of Topliss-reactive ketones (excluding diaryl/α,β-unsaturated/α-hetero) is 1. The van der Waals surface area contributed by atoms with Crippen molar-refractivity contribution in [3.05, 3.63) is 112 Å². The zero-order valence-corrected chi connectivity index (χ0v) is 15.1. The van der Waals surface area contributed by atoms with Gasteiger partial charge in [-0.25, -0.2) is 0 Å². The van der Waals surface area contributed by atoms with Crippen molar-refractivity contribution in [1.82, 2.24) is 0 Å². The monoisotopic (exact) mass is 349 g/mol. The molecule has 0 N–H and O–H groups in total. The second-order valence-corrected chi connectivity index (χ2v) is 6.96. The average Bonchev–Trinajstić information content (AvgIpc) is 3.04. The van der Waals surface area contributed by atoms with Gasteiger partial charge in [0.25, 0.3) is 0 Å². The molecule has 1 aliphatic carbocycles. The van der Waals surface area contributed by atoms with E-state index in [1.54, 1.807) is 0 Å². The van der Waals surface area contributed by atoms with E-state index in [4.69, 9.17) is 0 Å². The quantitative estimate of drug-likeness (QED) is 0.626. The number of rotatable bonds is 4. The number of aryl methyl sites for hydroxylation is 1. The Bertz CT molecular complexity index is 1030. The smallest absolute Gasteiger partial charge is 0.189 e. The van der Waals surface area contributed by atoms with Crippen molar-refractivity contribution in [2.45, 2.75) is 18.8 Å². The molecule has 2 nitrogen and oxygen atoms in total. The fourth-order valence-electron chi connectivity index (χ4n) is 3.88. The van der Waals surface area contributed by atoms with Crippen LogP contribution in [0.15, 0.2) is 84.4 Å². The Morgan fingerprint density at radius 3 is 1.96 bits per heavy atom. The molecule has 0 radical (unpaired) electrons. The molecule has 0 fully saturated rings. The van der Waals surface area contributed by atoms with Gasteiger partial charge in [-0.3, -0.25) is 4.79 Å². The van der Waals surface area contributed by atoms with Gasteiger partial charge in [-0.05, 0) is 35.3 Å². The lowest BCUT2D eigenvalue weighted by atomic mass is 9.71. The summed E-state index contributed by atoms with van der Waals surface area (Å²) in [4.78, 5) is 13.0. The molecule has 0 atom stereocenters. The number of hydrogen-bond acceptors (Lipinski definition) is 2. The molecular formula is C25H19NO. The molecule has 1 aliphatic rings. The number of ketones is 1. The number of carbonyl (C=O) groups excluding carboxylic acids is 1. The second-order valence-electron chi connectivity index (χ2n) is 6.96. The van der Waals surface area contributed by atoms with Crippen LogP contribution in [0.2, 0.25) is 0 Å². The summed E-state index contributed by atoms with van der Waals surface area (Å²) in [7, 11) is 0. The highest BCUT2D eigenvalue weighted by Gasteiger charge is 2.38. The number of nitrogens with zero attached hydrogens (tertiary/aromatic N) is 1. The molecule has 0 spiro atoms. The zero-order valence-electron chi connectivity index (χ0n) is 15.1. The van der Waals surface area contributed by atoms with Crippen LogP contribution in [0.4, 0.5) is 0 Å². The van der Waals surface area contributed by atoms with Crippen LogP contribution in [-0.4, -0.2) is 5.78 Å². The predicted molar refractivity (Wildman–Crippen MR) is 107 cm³/mol. The van der Waals surface area contributed by atoms with Crippen LogP contribution >= 0.6 is 0 Å². The van der Waals surface area contributed by atoms with Crippen LogP contribution < -0.4 is 0 Å². The third-order valence-corrected chi connectivity index (χ3v) is 5.36. The standard InChI is InChI=1S/C25H19NO/c1-18-9-8-14-22-23(18)15-19(24(22)27)16-25(17-26,20-10-4-2-5-11-20)21-12-6-3-7-13-21/h2-15H,16H2,1H3. The minimum atomic E-state index is -0.903. The topological polar surface area (TPSA) is 40.9 Å². The van der Waals surface area contributed by atoms with E-state index in [1.165, 1.54) is 0 Å². The normalized spacial score (nSPS) is 13.0. The number of nitriles is 1. The summed E-state index contributed by atoms with van der Waals surface area (Å²) in [5, 5.41) is 10.3. The van der Waals surface area contributed by atoms with E-state index in [9.17, 15) is 10.1 Å².